The molecule has 3 N–H and O–H groups in total. The number of carbonyl (C=O) groups is 1. The number of nitrogens with one attached hydrogen (secondary N) is 1. The van der Waals surface area contributed by atoms with Gasteiger partial charge in [-0.05, 0) is 43.9 Å². The molecular formula is C15H22N2O3. The van der Waals surface area contributed by atoms with Gasteiger partial charge in [0.2, 0.25) is 0 Å². The molecule has 0 atom stereocenters. The zero-order valence-electron chi connectivity index (χ0n) is 11.9. The van der Waals surface area contributed by atoms with Gasteiger partial charge in [0.25, 0.3) is 0 Å². The molecule has 5 nitrogen and oxygen atoms in total. The monoisotopic (exact) mass is 278 g/mol. The molecule has 0 heterocycles. The van der Waals surface area contributed by atoms with Crippen LogP contribution in [0.3, 0.4) is 0 Å². The molecule has 0 aliphatic heterocycles. The number of benzene rings is 1. The van der Waals surface area contributed by atoms with Gasteiger partial charge in [0.1, 0.15) is 0 Å². The summed E-state index contributed by atoms with van der Waals surface area (Å²) in [6.45, 7) is 4.30. The second-order valence-corrected chi connectivity index (χ2v) is 4.97. The van der Waals surface area contributed by atoms with Crippen LogP contribution in [0.2, 0.25) is 0 Å². The summed E-state index contributed by atoms with van der Waals surface area (Å²) in [6, 6.07) is 5.09. The van der Waals surface area contributed by atoms with E-state index in [9.17, 15) is 4.79 Å². The maximum atomic E-state index is 11.7. The molecule has 110 valence electrons. The van der Waals surface area contributed by atoms with Crippen LogP contribution in [0.15, 0.2) is 18.2 Å². The first-order valence-electron chi connectivity index (χ1n) is 7.09. The fourth-order valence-electron chi connectivity index (χ4n) is 1.84. The molecule has 0 amide bonds. The molecule has 5 heteroatoms. The molecule has 1 aromatic carbocycles. The van der Waals surface area contributed by atoms with Gasteiger partial charge in [-0.25, -0.2) is 4.79 Å². The number of esters is 1. The van der Waals surface area contributed by atoms with E-state index in [1.165, 1.54) is 12.8 Å². The minimum absolute atomic E-state index is 0.333. The zero-order valence-corrected chi connectivity index (χ0v) is 11.9. The highest BCUT2D eigenvalue weighted by molar-refractivity contribution is 5.92. The number of hydrogen-bond acceptors (Lipinski definition) is 5. The van der Waals surface area contributed by atoms with Gasteiger partial charge >= 0.3 is 5.97 Å². The van der Waals surface area contributed by atoms with Gasteiger partial charge in [-0.3, -0.25) is 0 Å². The first-order valence-corrected chi connectivity index (χ1v) is 7.09. The van der Waals surface area contributed by atoms with Crippen LogP contribution in [0.25, 0.3) is 0 Å². The quantitative estimate of drug-likeness (QED) is 0.433. The second-order valence-electron chi connectivity index (χ2n) is 4.97. The lowest BCUT2D eigenvalue weighted by atomic mass is 10.1. The Morgan fingerprint density at radius 3 is 2.95 bits per heavy atom. The maximum absolute atomic E-state index is 11.7. The summed E-state index contributed by atoms with van der Waals surface area (Å²) < 4.78 is 10.5. The average molecular weight is 278 g/mol. The Hall–Kier alpha value is -1.75. The Morgan fingerprint density at radius 1 is 1.45 bits per heavy atom. The number of anilines is 2. The highest BCUT2D eigenvalue weighted by atomic mass is 16.5. The number of hydrogen-bond donors (Lipinski definition) is 2. The van der Waals surface area contributed by atoms with Crippen LogP contribution in [0.1, 0.15) is 30.1 Å². The van der Waals surface area contributed by atoms with Crippen LogP contribution in [-0.4, -0.2) is 32.3 Å². The largest absolute Gasteiger partial charge is 0.462 e. The molecule has 20 heavy (non-hydrogen) atoms. The smallest absolute Gasteiger partial charge is 0.338 e. The molecule has 0 aromatic heterocycles. The standard InChI is InChI=1S/C15H22N2O3/c1-2-20-15(18)12-5-6-13(16)14(9-12)17-7-8-19-10-11-3-4-11/h5-6,9,11,17H,2-4,7-8,10,16H2,1H3. The number of carbonyl (C=O) groups excluding carboxylic acids is 1. The van der Waals surface area contributed by atoms with Crippen LogP contribution in [-0.2, 0) is 9.47 Å². The van der Waals surface area contributed by atoms with Crippen LogP contribution in [0.4, 0.5) is 11.4 Å². The van der Waals surface area contributed by atoms with Crippen molar-refractivity contribution in [1.82, 2.24) is 0 Å². The third-order valence-electron chi connectivity index (χ3n) is 3.18. The van der Waals surface area contributed by atoms with Gasteiger partial charge in [0, 0.05) is 13.2 Å². The minimum atomic E-state index is -0.333. The van der Waals surface area contributed by atoms with Gasteiger partial charge < -0.3 is 20.5 Å². The Bertz CT molecular complexity index is 458. The van der Waals surface area contributed by atoms with E-state index < -0.39 is 0 Å². The summed E-state index contributed by atoms with van der Waals surface area (Å²) >= 11 is 0. The SMILES string of the molecule is CCOC(=O)c1ccc(N)c(NCCOCC2CC2)c1. The summed E-state index contributed by atoms with van der Waals surface area (Å²) in [5, 5.41) is 3.19. The number of nitrogens with two attached hydrogens (primary N) is 1. The van der Waals surface area contributed by atoms with Crippen molar-refractivity contribution < 1.29 is 14.3 Å². The Morgan fingerprint density at radius 2 is 2.25 bits per heavy atom. The van der Waals surface area contributed by atoms with Gasteiger partial charge in [-0.1, -0.05) is 0 Å². The molecule has 0 bridgehead atoms. The van der Waals surface area contributed by atoms with E-state index >= 15 is 0 Å². The lowest BCUT2D eigenvalue weighted by Crippen LogP contribution is -2.13. The van der Waals surface area contributed by atoms with Gasteiger partial charge in [-0.2, -0.15) is 0 Å². The Labute approximate surface area is 119 Å². The molecule has 1 aromatic rings. The predicted octanol–water partition coefficient (Wildman–Crippen LogP) is 2.28. The number of ether oxygens (including phenoxy) is 2. The van der Waals surface area contributed by atoms with Crippen molar-refractivity contribution >= 4 is 17.3 Å². The fourth-order valence-corrected chi connectivity index (χ4v) is 1.84. The van der Waals surface area contributed by atoms with Crippen LogP contribution in [0.5, 0.6) is 0 Å². The second kappa shape index (κ2) is 7.14. The normalized spacial score (nSPS) is 14.1. The summed E-state index contributed by atoms with van der Waals surface area (Å²) in [5.74, 6) is 0.438. The molecule has 1 saturated carbocycles. The first-order chi connectivity index (χ1) is 9.70. The van der Waals surface area contributed by atoms with Crippen molar-refractivity contribution in [2.75, 3.05) is 37.4 Å². The summed E-state index contributed by atoms with van der Waals surface area (Å²) in [4.78, 5) is 11.7. The van der Waals surface area contributed by atoms with E-state index in [0.29, 0.717) is 31.0 Å². The predicted molar refractivity (Wildman–Crippen MR) is 78.8 cm³/mol. The first kappa shape index (κ1) is 14.7. The van der Waals surface area contributed by atoms with E-state index in [1.54, 1.807) is 25.1 Å². The molecule has 1 fully saturated rings. The van der Waals surface area contributed by atoms with Crippen LogP contribution < -0.4 is 11.1 Å². The van der Waals surface area contributed by atoms with Crippen molar-refractivity contribution in [3.05, 3.63) is 23.8 Å². The van der Waals surface area contributed by atoms with Gasteiger partial charge in [0.05, 0.1) is 30.2 Å². The lowest BCUT2D eigenvalue weighted by Gasteiger charge is -2.11. The fraction of sp³-hybridized carbons (Fsp3) is 0.533. The highest BCUT2D eigenvalue weighted by Gasteiger charge is 2.20. The van der Waals surface area contributed by atoms with Crippen LogP contribution >= 0.6 is 0 Å². The van der Waals surface area contributed by atoms with E-state index in [4.69, 9.17) is 15.2 Å². The van der Waals surface area contributed by atoms with Crippen LogP contribution in [0, 0.1) is 5.92 Å². The average Bonchev–Trinajstić information content (AvgIpc) is 3.24. The molecule has 1 aliphatic rings. The van der Waals surface area contributed by atoms with Crippen molar-refractivity contribution in [1.29, 1.82) is 0 Å². The van der Waals surface area contributed by atoms with E-state index in [2.05, 4.69) is 5.32 Å². The molecule has 0 spiro atoms. The van der Waals surface area contributed by atoms with Crippen molar-refractivity contribution in [2.24, 2.45) is 5.92 Å². The minimum Gasteiger partial charge on any atom is -0.462 e. The zero-order chi connectivity index (χ0) is 14.4. The number of rotatable bonds is 8. The maximum Gasteiger partial charge on any atom is 0.338 e. The summed E-state index contributed by atoms with van der Waals surface area (Å²) in [7, 11) is 0. The molecular weight excluding hydrogens is 256 g/mol. The summed E-state index contributed by atoms with van der Waals surface area (Å²) in [5.41, 5.74) is 7.74. The number of nitrogen functional groups attached to an aromatic ring is 1. The third-order valence-corrected chi connectivity index (χ3v) is 3.18. The molecule has 2 rings (SSSR count). The Kier molecular flexibility index (Phi) is 5.24. The Balaban J connectivity index is 1.82. The molecule has 0 saturated heterocycles. The molecule has 0 unspecified atom stereocenters. The molecule has 1 aliphatic carbocycles. The lowest BCUT2D eigenvalue weighted by molar-refractivity contribution is 0.0526. The van der Waals surface area contributed by atoms with Crippen molar-refractivity contribution in [2.45, 2.75) is 19.8 Å². The van der Waals surface area contributed by atoms with E-state index in [0.717, 1.165) is 18.2 Å². The van der Waals surface area contributed by atoms with E-state index in [1.807, 2.05) is 0 Å². The van der Waals surface area contributed by atoms with Crippen molar-refractivity contribution in [3.63, 3.8) is 0 Å². The highest BCUT2D eigenvalue weighted by Crippen LogP contribution is 2.28. The molecule has 0 radical (unpaired) electrons. The summed E-state index contributed by atoms with van der Waals surface area (Å²) in [6.07, 6.45) is 2.59. The van der Waals surface area contributed by atoms with Crippen molar-refractivity contribution in [3.8, 4) is 0 Å². The van der Waals surface area contributed by atoms with Gasteiger partial charge in [-0.15, -0.1) is 0 Å². The third kappa shape index (κ3) is 4.42. The topological polar surface area (TPSA) is 73.6 Å². The van der Waals surface area contributed by atoms with Gasteiger partial charge in [0.15, 0.2) is 0 Å². The van der Waals surface area contributed by atoms with E-state index in [-0.39, 0.29) is 5.97 Å².